The van der Waals surface area contributed by atoms with Gasteiger partial charge in [-0.3, -0.25) is 14.4 Å². The van der Waals surface area contributed by atoms with Crippen LogP contribution in [0, 0.1) is 0 Å². The van der Waals surface area contributed by atoms with Gasteiger partial charge in [0.1, 0.15) is 36.4 Å². The second-order valence-corrected chi connectivity index (χ2v) is 13.1. The molecule has 3 N–H and O–H groups in total. The topological polar surface area (TPSA) is 141 Å². The third-order valence-corrected chi connectivity index (χ3v) is 7.81. The number of hydrogen-bond acceptors (Lipinski definition) is 8. The van der Waals surface area contributed by atoms with Crippen LogP contribution < -0.4 is 25.4 Å². The molecule has 4 rings (SSSR count). The number of ether oxygens (including phenoxy) is 4. The molecule has 0 unspecified atom stereocenters. The van der Waals surface area contributed by atoms with Crippen LogP contribution in [0.5, 0.6) is 11.5 Å². The summed E-state index contributed by atoms with van der Waals surface area (Å²) in [6, 6.07) is 26.1. The summed E-state index contributed by atoms with van der Waals surface area (Å²) in [6.07, 6.45) is 1.33. The largest absolute Gasteiger partial charge is 0.497 e. The zero-order valence-electron chi connectivity index (χ0n) is 30.1. The molecule has 3 amide bonds. The van der Waals surface area contributed by atoms with Crippen LogP contribution in [0.3, 0.4) is 0 Å². The van der Waals surface area contributed by atoms with Crippen molar-refractivity contribution in [1.29, 1.82) is 0 Å². The molecule has 274 valence electrons. The van der Waals surface area contributed by atoms with Crippen molar-refractivity contribution in [3.05, 3.63) is 120 Å². The van der Waals surface area contributed by atoms with Crippen molar-refractivity contribution in [2.24, 2.45) is 0 Å². The first kappa shape index (κ1) is 39.0. The fraction of sp³-hybridized carbons (Fsp3) is 0.317. The molecule has 0 aliphatic carbocycles. The maximum Gasteiger partial charge on any atom is 0.408 e. The molecule has 0 heterocycles. The molecule has 52 heavy (non-hydrogen) atoms. The predicted molar refractivity (Wildman–Crippen MR) is 199 cm³/mol. The predicted octanol–water partition coefficient (Wildman–Crippen LogP) is 5.94. The van der Waals surface area contributed by atoms with Crippen LogP contribution in [0.15, 0.2) is 104 Å². The molecule has 0 spiro atoms. The van der Waals surface area contributed by atoms with E-state index in [2.05, 4.69) is 22.5 Å². The lowest BCUT2D eigenvalue weighted by Crippen LogP contribution is -2.48. The molecule has 0 radical (unpaired) electrons. The zero-order chi connectivity index (χ0) is 37.5. The molecule has 0 aliphatic heterocycles. The molecule has 0 aromatic heterocycles. The average Bonchev–Trinajstić information content (AvgIpc) is 3.12. The van der Waals surface area contributed by atoms with Crippen LogP contribution in [-0.4, -0.2) is 68.4 Å². The fourth-order valence-corrected chi connectivity index (χ4v) is 5.42. The van der Waals surface area contributed by atoms with Crippen molar-refractivity contribution in [3.8, 4) is 11.5 Å². The van der Waals surface area contributed by atoms with E-state index in [0.717, 1.165) is 16.5 Å². The van der Waals surface area contributed by atoms with Gasteiger partial charge < -0.3 is 34.9 Å². The van der Waals surface area contributed by atoms with Crippen LogP contribution in [0.1, 0.15) is 48.7 Å². The van der Waals surface area contributed by atoms with E-state index in [1.54, 1.807) is 46.1 Å². The summed E-state index contributed by atoms with van der Waals surface area (Å²) in [6.45, 7) is 9.10. The molecule has 4 aromatic rings. The number of alkyl carbamates (subject to hydrolysis) is 1. The SMILES string of the molecule is C=CCOC(=O)C[C@H](NC(=O)c1c(OC[C@@H](Cc2ccccc2)NC(=O)OC(C)(C)C)ccc2ccccc12)C(=O)NCCc1cccc(OC)c1. The Morgan fingerprint density at radius 2 is 1.60 bits per heavy atom. The van der Waals surface area contributed by atoms with Crippen molar-refractivity contribution < 1.29 is 38.1 Å². The Kier molecular flexibility index (Phi) is 14.2. The van der Waals surface area contributed by atoms with Gasteiger partial charge in [-0.1, -0.05) is 85.5 Å². The number of nitrogens with one attached hydrogen (secondary N) is 3. The van der Waals surface area contributed by atoms with Crippen molar-refractivity contribution in [3.63, 3.8) is 0 Å². The quantitative estimate of drug-likeness (QED) is 0.0904. The highest BCUT2D eigenvalue weighted by atomic mass is 16.6. The Balaban J connectivity index is 1.57. The molecular weight excluding hydrogens is 662 g/mol. The van der Waals surface area contributed by atoms with Gasteiger partial charge in [0.25, 0.3) is 5.91 Å². The minimum Gasteiger partial charge on any atom is -0.497 e. The lowest BCUT2D eigenvalue weighted by molar-refractivity contribution is -0.144. The molecule has 0 fully saturated rings. The van der Waals surface area contributed by atoms with Gasteiger partial charge in [0.2, 0.25) is 5.91 Å². The van der Waals surface area contributed by atoms with E-state index in [4.69, 9.17) is 18.9 Å². The maximum absolute atomic E-state index is 14.2. The number of esters is 1. The van der Waals surface area contributed by atoms with Crippen LogP contribution in [0.2, 0.25) is 0 Å². The van der Waals surface area contributed by atoms with Crippen molar-refractivity contribution in [2.45, 2.75) is 57.7 Å². The van der Waals surface area contributed by atoms with Crippen LogP contribution in [0.25, 0.3) is 10.8 Å². The summed E-state index contributed by atoms with van der Waals surface area (Å²) < 4.78 is 22.2. The first-order chi connectivity index (χ1) is 25.0. The van der Waals surface area contributed by atoms with Gasteiger partial charge in [-0.05, 0) is 73.7 Å². The fourth-order valence-electron chi connectivity index (χ4n) is 5.42. The molecule has 11 nitrogen and oxygen atoms in total. The Bertz CT molecular complexity index is 1840. The molecule has 4 aromatic carbocycles. The maximum atomic E-state index is 14.2. The van der Waals surface area contributed by atoms with Gasteiger partial charge in [0, 0.05) is 6.54 Å². The summed E-state index contributed by atoms with van der Waals surface area (Å²) in [7, 11) is 1.58. The summed E-state index contributed by atoms with van der Waals surface area (Å²) in [4.78, 5) is 53.2. The number of hydrogen-bond donors (Lipinski definition) is 3. The van der Waals surface area contributed by atoms with Crippen molar-refractivity contribution in [1.82, 2.24) is 16.0 Å². The number of methoxy groups -OCH3 is 1. The van der Waals surface area contributed by atoms with E-state index >= 15 is 0 Å². The van der Waals surface area contributed by atoms with Crippen LogP contribution >= 0.6 is 0 Å². The second kappa shape index (κ2) is 19.0. The second-order valence-electron chi connectivity index (χ2n) is 13.1. The van der Waals surface area contributed by atoms with Gasteiger partial charge in [-0.25, -0.2) is 4.79 Å². The highest BCUT2D eigenvalue weighted by molar-refractivity contribution is 6.10. The first-order valence-electron chi connectivity index (χ1n) is 17.1. The minimum absolute atomic E-state index is 0.00514. The molecular formula is C41H47N3O8. The molecule has 0 bridgehead atoms. The lowest BCUT2D eigenvalue weighted by atomic mass is 10.0. The third kappa shape index (κ3) is 12.2. The third-order valence-electron chi connectivity index (χ3n) is 7.81. The van der Waals surface area contributed by atoms with E-state index in [1.165, 1.54) is 6.08 Å². The normalized spacial score (nSPS) is 12.2. The summed E-state index contributed by atoms with van der Waals surface area (Å²) in [5, 5.41) is 9.82. The van der Waals surface area contributed by atoms with E-state index in [1.807, 2.05) is 72.8 Å². The number of rotatable bonds is 17. The van der Waals surface area contributed by atoms with E-state index in [9.17, 15) is 19.2 Å². The average molecular weight is 710 g/mol. The number of fused-ring (bicyclic) bond motifs is 1. The molecule has 0 saturated heterocycles. The van der Waals surface area contributed by atoms with Crippen molar-refractivity contribution >= 4 is 34.6 Å². The van der Waals surface area contributed by atoms with Gasteiger partial charge in [-0.15, -0.1) is 0 Å². The first-order valence-corrected chi connectivity index (χ1v) is 17.1. The van der Waals surface area contributed by atoms with Gasteiger partial charge in [-0.2, -0.15) is 0 Å². The highest BCUT2D eigenvalue weighted by Crippen LogP contribution is 2.29. The summed E-state index contributed by atoms with van der Waals surface area (Å²) in [5.74, 6) is -0.944. The highest BCUT2D eigenvalue weighted by Gasteiger charge is 2.28. The van der Waals surface area contributed by atoms with Crippen LogP contribution in [0.4, 0.5) is 4.79 Å². The summed E-state index contributed by atoms with van der Waals surface area (Å²) in [5.41, 5.74) is 1.37. The Morgan fingerprint density at radius 1 is 0.865 bits per heavy atom. The number of carbonyl (C=O) groups is 4. The molecule has 11 heteroatoms. The number of amides is 3. The smallest absolute Gasteiger partial charge is 0.408 e. The Morgan fingerprint density at radius 3 is 2.33 bits per heavy atom. The van der Waals surface area contributed by atoms with Crippen molar-refractivity contribution in [2.75, 3.05) is 26.9 Å². The minimum atomic E-state index is -1.26. The van der Waals surface area contributed by atoms with E-state index in [-0.39, 0.29) is 31.1 Å². The van der Waals surface area contributed by atoms with E-state index < -0.39 is 48.0 Å². The lowest BCUT2D eigenvalue weighted by Gasteiger charge is -2.25. The Labute approximate surface area is 304 Å². The zero-order valence-corrected chi connectivity index (χ0v) is 30.1. The Hall–Kier alpha value is -5.84. The van der Waals surface area contributed by atoms with Gasteiger partial charge >= 0.3 is 12.1 Å². The van der Waals surface area contributed by atoms with Gasteiger partial charge in [0.15, 0.2) is 0 Å². The van der Waals surface area contributed by atoms with Crippen LogP contribution in [-0.2, 0) is 31.9 Å². The monoisotopic (exact) mass is 709 g/mol. The van der Waals surface area contributed by atoms with E-state index in [0.29, 0.717) is 24.0 Å². The number of carbonyl (C=O) groups excluding carboxylic acids is 4. The molecule has 0 aliphatic rings. The molecule has 2 atom stereocenters. The number of benzene rings is 4. The molecule has 0 saturated carbocycles. The standard InChI is InChI=1S/C41H47N3O8/c1-6-23-50-36(45)26-34(38(46)42-22-21-29-15-12-17-32(25-29)49-5)44-39(47)37-33-18-11-10-16-30(33)19-20-35(37)51-27-31(24-28-13-8-7-9-14-28)43-40(48)52-41(2,3)4/h6-20,25,31,34H,1,21-24,26-27H2,2-5H3,(H,42,46)(H,43,48)(H,44,47)/t31-,34+/m1/s1. The summed E-state index contributed by atoms with van der Waals surface area (Å²) >= 11 is 0. The van der Waals surface area contributed by atoms with Gasteiger partial charge in [0.05, 0.1) is 25.1 Å².